The molecule has 0 amide bonds. The van der Waals surface area contributed by atoms with Crippen molar-refractivity contribution in [2.45, 2.75) is 64.1 Å². The van der Waals surface area contributed by atoms with Crippen molar-refractivity contribution >= 4 is 39.1 Å². The summed E-state index contributed by atoms with van der Waals surface area (Å²) >= 11 is 6.62. The highest BCUT2D eigenvalue weighted by atomic mass is 35.5. The van der Waals surface area contributed by atoms with Crippen molar-refractivity contribution in [1.29, 1.82) is 0 Å². The Bertz CT molecular complexity index is 1820. The monoisotopic (exact) mass is 620 g/mol. The first-order valence-electron chi connectivity index (χ1n) is 15.8. The van der Waals surface area contributed by atoms with Gasteiger partial charge in [0.15, 0.2) is 5.82 Å². The summed E-state index contributed by atoms with van der Waals surface area (Å²) in [7, 11) is 0. The Morgan fingerprint density at radius 1 is 1.09 bits per heavy atom. The number of rotatable bonds is 5. The molecule has 4 aliphatic rings. The average molecular weight is 621 g/mol. The number of benzene rings is 3. The lowest BCUT2D eigenvalue weighted by Gasteiger charge is -2.39. The minimum absolute atomic E-state index is 0.0155. The molecule has 8 rings (SSSR count). The number of hydrogen-bond acceptors (Lipinski definition) is 5. The van der Waals surface area contributed by atoms with Crippen LogP contribution in [-0.4, -0.2) is 59.4 Å². The molecule has 4 fully saturated rings. The molecule has 3 aliphatic heterocycles. The third kappa shape index (κ3) is 4.54. The van der Waals surface area contributed by atoms with E-state index in [1.807, 2.05) is 25.1 Å². The SMILES string of the molecule is Cc1cc(-c2c(F)cc3c(N4C[C@H]5CC[C@@](C)(C5)C4)nc(OC[C@@]45CCCN4C[C@H](F)C5)nc3c2F)c2c(Cl)cccc2c1. The van der Waals surface area contributed by atoms with Gasteiger partial charge < -0.3 is 9.64 Å². The van der Waals surface area contributed by atoms with Gasteiger partial charge in [-0.2, -0.15) is 9.97 Å². The van der Waals surface area contributed by atoms with E-state index in [1.54, 1.807) is 12.1 Å². The highest BCUT2D eigenvalue weighted by Crippen LogP contribution is 2.48. The van der Waals surface area contributed by atoms with E-state index in [2.05, 4.69) is 21.7 Å². The number of anilines is 1. The maximum atomic E-state index is 16.9. The van der Waals surface area contributed by atoms with Crippen LogP contribution < -0.4 is 9.64 Å². The van der Waals surface area contributed by atoms with Gasteiger partial charge in [0.25, 0.3) is 0 Å². The normalized spacial score (nSPS) is 28.4. The van der Waals surface area contributed by atoms with Crippen LogP contribution in [-0.2, 0) is 0 Å². The van der Waals surface area contributed by atoms with Crippen LogP contribution >= 0.6 is 11.6 Å². The van der Waals surface area contributed by atoms with Crippen molar-refractivity contribution in [2.24, 2.45) is 11.3 Å². The first kappa shape index (κ1) is 28.4. The van der Waals surface area contributed by atoms with Crippen LogP contribution in [0.1, 0.15) is 51.0 Å². The van der Waals surface area contributed by atoms with Gasteiger partial charge in [0, 0.05) is 41.9 Å². The van der Waals surface area contributed by atoms with Crippen LogP contribution in [0.4, 0.5) is 19.0 Å². The maximum absolute atomic E-state index is 16.9. The molecule has 1 aromatic heterocycles. The number of nitrogens with zero attached hydrogens (tertiary/aromatic N) is 4. The molecule has 4 aromatic rings. The summed E-state index contributed by atoms with van der Waals surface area (Å²) in [5.74, 6) is -0.456. The standard InChI is InChI=1S/C35H36ClF3N4O/c1-20-11-22-5-3-6-26(36)28(22)24(12-20)29-27(38)13-25-31(30(29)39)40-33(44-19-35-8-4-10-43(35)17-23(37)15-35)41-32(25)42-16-21-7-9-34(2,14-21)18-42/h3,5-6,11-13,21,23H,4,7-10,14-19H2,1-2H3/t21-,23+,34-,35-/m0/s1. The summed E-state index contributed by atoms with van der Waals surface area (Å²) in [6.07, 6.45) is 4.74. The summed E-state index contributed by atoms with van der Waals surface area (Å²) in [6.45, 7) is 7.18. The molecule has 1 saturated carbocycles. The van der Waals surface area contributed by atoms with Crippen LogP contribution in [0, 0.1) is 29.9 Å². The lowest BCUT2D eigenvalue weighted by Crippen LogP contribution is -2.44. The molecule has 4 heterocycles. The Morgan fingerprint density at radius 3 is 2.80 bits per heavy atom. The second-order valence-electron chi connectivity index (χ2n) is 14.1. The predicted molar refractivity (Wildman–Crippen MR) is 168 cm³/mol. The number of halogens is 4. The van der Waals surface area contributed by atoms with E-state index < -0.39 is 23.3 Å². The van der Waals surface area contributed by atoms with E-state index in [4.69, 9.17) is 21.3 Å². The number of alkyl halides is 1. The summed E-state index contributed by atoms with van der Waals surface area (Å²) < 4.78 is 53.9. The molecular formula is C35H36ClF3N4O. The fraction of sp³-hybridized carbons (Fsp3) is 0.486. The molecule has 9 heteroatoms. The highest BCUT2D eigenvalue weighted by Gasteiger charge is 2.49. The third-order valence-electron chi connectivity index (χ3n) is 10.7. The van der Waals surface area contributed by atoms with Gasteiger partial charge in [0.1, 0.15) is 29.9 Å². The summed E-state index contributed by atoms with van der Waals surface area (Å²) in [5.41, 5.74) is 0.812. The molecule has 5 nitrogen and oxygen atoms in total. The molecular weight excluding hydrogens is 585 g/mol. The van der Waals surface area contributed by atoms with Crippen LogP contribution in [0.15, 0.2) is 36.4 Å². The van der Waals surface area contributed by atoms with Gasteiger partial charge in [-0.15, -0.1) is 0 Å². The van der Waals surface area contributed by atoms with Gasteiger partial charge in [-0.25, -0.2) is 13.2 Å². The Morgan fingerprint density at radius 2 is 1.95 bits per heavy atom. The van der Waals surface area contributed by atoms with E-state index in [0.717, 1.165) is 62.7 Å². The third-order valence-corrected chi connectivity index (χ3v) is 11.0. The molecule has 0 radical (unpaired) electrons. The van der Waals surface area contributed by atoms with Gasteiger partial charge in [0.2, 0.25) is 0 Å². The number of piperidine rings is 1. The van der Waals surface area contributed by atoms with Gasteiger partial charge in [-0.3, -0.25) is 4.90 Å². The molecule has 4 atom stereocenters. The highest BCUT2D eigenvalue weighted by molar-refractivity contribution is 6.36. The van der Waals surface area contributed by atoms with Crippen molar-refractivity contribution < 1.29 is 17.9 Å². The molecule has 0 N–H and O–H groups in total. The van der Waals surface area contributed by atoms with E-state index in [-0.39, 0.29) is 29.1 Å². The molecule has 0 unspecified atom stereocenters. The average Bonchev–Trinajstić information content (AvgIpc) is 3.59. The molecule has 0 spiro atoms. The zero-order valence-corrected chi connectivity index (χ0v) is 25.9. The van der Waals surface area contributed by atoms with Gasteiger partial charge >= 0.3 is 6.01 Å². The second kappa shape index (κ2) is 10.2. The molecule has 2 bridgehead atoms. The number of aromatic nitrogens is 2. The van der Waals surface area contributed by atoms with E-state index in [1.165, 1.54) is 6.07 Å². The topological polar surface area (TPSA) is 41.5 Å². The van der Waals surface area contributed by atoms with Gasteiger partial charge in [-0.1, -0.05) is 42.8 Å². The van der Waals surface area contributed by atoms with Crippen molar-refractivity contribution in [3.8, 4) is 17.1 Å². The Labute approximate surface area is 260 Å². The molecule has 44 heavy (non-hydrogen) atoms. The second-order valence-corrected chi connectivity index (χ2v) is 14.5. The fourth-order valence-corrected chi connectivity index (χ4v) is 9.12. The minimum atomic E-state index is -0.893. The van der Waals surface area contributed by atoms with Crippen molar-refractivity contribution in [3.05, 3.63) is 58.6 Å². The van der Waals surface area contributed by atoms with Crippen molar-refractivity contribution in [1.82, 2.24) is 14.9 Å². The van der Waals surface area contributed by atoms with Gasteiger partial charge in [-0.05, 0) is 85.6 Å². The number of aryl methyl sites for hydroxylation is 1. The smallest absolute Gasteiger partial charge is 0.319 e. The zero-order chi connectivity index (χ0) is 30.4. The summed E-state index contributed by atoms with van der Waals surface area (Å²) in [4.78, 5) is 13.8. The molecule has 1 aliphatic carbocycles. The summed E-state index contributed by atoms with van der Waals surface area (Å²) in [6, 6.07) is 10.6. The Hall–Kier alpha value is -3.10. The largest absolute Gasteiger partial charge is 0.461 e. The van der Waals surface area contributed by atoms with E-state index >= 15 is 8.78 Å². The first-order chi connectivity index (χ1) is 21.1. The van der Waals surface area contributed by atoms with E-state index in [0.29, 0.717) is 46.1 Å². The number of hydrogen-bond donors (Lipinski definition) is 0. The first-order valence-corrected chi connectivity index (χ1v) is 16.2. The lowest BCUT2D eigenvalue weighted by molar-refractivity contribution is 0.107. The zero-order valence-electron chi connectivity index (χ0n) is 25.1. The lowest BCUT2D eigenvalue weighted by atomic mass is 9.84. The fourth-order valence-electron chi connectivity index (χ4n) is 8.84. The quantitative estimate of drug-likeness (QED) is 0.225. The number of fused-ring (bicyclic) bond motifs is 5. The van der Waals surface area contributed by atoms with E-state index in [9.17, 15) is 4.39 Å². The van der Waals surface area contributed by atoms with Crippen LogP contribution in [0.2, 0.25) is 5.02 Å². The molecule has 3 aromatic carbocycles. The summed E-state index contributed by atoms with van der Waals surface area (Å²) in [5, 5.41) is 2.14. The van der Waals surface area contributed by atoms with Gasteiger partial charge in [0.05, 0.1) is 11.1 Å². The van der Waals surface area contributed by atoms with Crippen LogP contribution in [0.3, 0.4) is 0 Å². The molecule has 3 saturated heterocycles. The van der Waals surface area contributed by atoms with Crippen LogP contribution in [0.25, 0.3) is 32.8 Å². The Balaban J connectivity index is 1.29. The van der Waals surface area contributed by atoms with Crippen LogP contribution in [0.5, 0.6) is 6.01 Å². The van der Waals surface area contributed by atoms with Crippen molar-refractivity contribution in [2.75, 3.05) is 37.7 Å². The Kier molecular flexibility index (Phi) is 6.59. The predicted octanol–water partition coefficient (Wildman–Crippen LogP) is 8.27. The molecule has 230 valence electrons. The minimum Gasteiger partial charge on any atom is -0.461 e. The van der Waals surface area contributed by atoms with Crippen molar-refractivity contribution in [3.63, 3.8) is 0 Å². The maximum Gasteiger partial charge on any atom is 0.319 e. The number of ether oxygens (including phenoxy) is 1.